The van der Waals surface area contributed by atoms with Gasteiger partial charge in [0.25, 0.3) is 0 Å². The molecule has 0 aliphatic carbocycles. The summed E-state index contributed by atoms with van der Waals surface area (Å²) < 4.78 is 32.1. The first-order chi connectivity index (χ1) is 9.95. The van der Waals surface area contributed by atoms with Crippen molar-refractivity contribution >= 4 is 10.0 Å². The van der Waals surface area contributed by atoms with E-state index in [0.717, 1.165) is 12.8 Å². The van der Waals surface area contributed by atoms with Gasteiger partial charge in [0, 0.05) is 26.8 Å². The number of nitrogens with zero attached hydrogens (tertiary/aromatic N) is 1. The maximum absolute atomic E-state index is 12.7. The quantitative estimate of drug-likeness (QED) is 0.895. The Labute approximate surface area is 126 Å². The van der Waals surface area contributed by atoms with E-state index in [2.05, 4.69) is 0 Å². The minimum atomic E-state index is -3.52. The Morgan fingerprint density at radius 2 is 2.00 bits per heavy atom. The van der Waals surface area contributed by atoms with Gasteiger partial charge >= 0.3 is 0 Å². The monoisotopic (exact) mass is 313 g/mol. The molecule has 5 nitrogen and oxygen atoms in total. The first-order valence-corrected chi connectivity index (χ1v) is 8.63. The number of hydrogen-bond donors (Lipinski definition) is 1. The van der Waals surface area contributed by atoms with Gasteiger partial charge in [-0.15, -0.1) is 0 Å². The van der Waals surface area contributed by atoms with Crippen molar-refractivity contribution in [1.82, 2.24) is 4.31 Å². The van der Waals surface area contributed by atoms with Crippen molar-refractivity contribution in [2.45, 2.75) is 31.3 Å². The molecule has 1 aromatic carbocycles. The number of hydrogen-bond acceptors (Lipinski definition) is 4. The first-order valence-electron chi connectivity index (χ1n) is 7.19. The van der Waals surface area contributed by atoms with E-state index in [-0.39, 0.29) is 11.5 Å². The highest BCUT2D eigenvalue weighted by Crippen LogP contribution is 2.23. The van der Waals surface area contributed by atoms with Gasteiger partial charge in [-0.1, -0.05) is 12.1 Å². The van der Waals surface area contributed by atoms with Crippen molar-refractivity contribution in [1.29, 1.82) is 0 Å². The molecule has 1 aromatic rings. The summed E-state index contributed by atoms with van der Waals surface area (Å²) in [6, 6.07) is 5.04. The van der Waals surface area contributed by atoms with Crippen LogP contribution in [0.2, 0.25) is 0 Å². The van der Waals surface area contributed by atoms with E-state index in [9.17, 15) is 13.5 Å². The lowest BCUT2D eigenvalue weighted by molar-refractivity contribution is 0.0620. The van der Waals surface area contributed by atoms with Gasteiger partial charge in [-0.2, -0.15) is 0 Å². The molecule has 0 amide bonds. The van der Waals surface area contributed by atoms with Gasteiger partial charge in [0.1, 0.15) is 0 Å². The van der Waals surface area contributed by atoms with E-state index in [4.69, 9.17) is 4.74 Å². The van der Waals surface area contributed by atoms with E-state index >= 15 is 0 Å². The Morgan fingerprint density at radius 3 is 2.62 bits per heavy atom. The van der Waals surface area contributed by atoms with Crippen molar-refractivity contribution in [2.75, 3.05) is 26.8 Å². The summed E-state index contributed by atoms with van der Waals surface area (Å²) >= 11 is 0. The molecular weight excluding hydrogens is 290 g/mol. The standard InChI is InChI=1S/C15H23NO4S/c1-12-3-4-14(11-17)9-15(12)21(18,19)16(2)10-13-5-7-20-8-6-13/h3-4,9,13,17H,5-8,10-11H2,1-2H3. The average molecular weight is 313 g/mol. The molecule has 1 aliphatic heterocycles. The molecule has 0 unspecified atom stereocenters. The molecule has 0 saturated carbocycles. The van der Waals surface area contributed by atoms with Gasteiger partial charge in [0.15, 0.2) is 0 Å². The summed E-state index contributed by atoms with van der Waals surface area (Å²) in [7, 11) is -1.90. The van der Waals surface area contributed by atoms with Crippen LogP contribution in [0.3, 0.4) is 0 Å². The predicted octanol–water partition coefficient (Wildman–Crippen LogP) is 1.53. The molecule has 0 atom stereocenters. The van der Waals surface area contributed by atoms with Crippen LogP contribution in [0.1, 0.15) is 24.0 Å². The van der Waals surface area contributed by atoms with Crippen LogP contribution in [-0.2, 0) is 21.4 Å². The van der Waals surface area contributed by atoms with Crippen molar-refractivity contribution in [3.05, 3.63) is 29.3 Å². The predicted molar refractivity (Wildman–Crippen MR) is 80.5 cm³/mol. The van der Waals surface area contributed by atoms with Crippen LogP contribution in [0.5, 0.6) is 0 Å². The van der Waals surface area contributed by atoms with Crippen LogP contribution in [0.4, 0.5) is 0 Å². The normalized spacial score (nSPS) is 17.3. The van der Waals surface area contributed by atoms with Crippen LogP contribution >= 0.6 is 0 Å². The van der Waals surface area contributed by atoms with Crippen LogP contribution < -0.4 is 0 Å². The van der Waals surface area contributed by atoms with Gasteiger partial charge < -0.3 is 9.84 Å². The highest BCUT2D eigenvalue weighted by molar-refractivity contribution is 7.89. The average Bonchev–Trinajstić information content (AvgIpc) is 2.48. The highest BCUT2D eigenvalue weighted by atomic mass is 32.2. The van der Waals surface area contributed by atoms with Gasteiger partial charge in [-0.3, -0.25) is 0 Å². The highest BCUT2D eigenvalue weighted by Gasteiger charge is 2.26. The van der Waals surface area contributed by atoms with E-state index in [0.29, 0.717) is 36.8 Å². The molecule has 118 valence electrons. The zero-order chi connectivity index (χ0) is 15.5. The molecular formula is C15H23NO4S. The molecule has 2 rings (SSSR count). The zero-order valence-electron chi connectivity index (χ0n) is 12.6. The van der Waals surface area contributed by atoms with Crippen molar-refractivity contribution < 1.29 is 18.3 Å². The van der Waals surface area contributed by atoms with Crippen LogP contribution in [0.15, 0.2) is 23.1 Å². The number of ether oxygens (including phenoxy) is 1. The maximum atomic E-state index is 12.7. The molecule has 0 radical (unpaired) electrons. The fraction of sp³-hybridized carbons (Fsp3) is 0.600. The van der Waals surface area contributed by atoms with Gasteiger partial charge in [-0.25, -0.2) is 12.7 Å². The molecule has 0 aromatic heterocycles. The lowest BCUT2D eigenvalue weighted by Gasteiger charge is -2.27. The summed E-state index contributed by atoms with van der Waals surface area (Å²) in [6.45, 7) is 3.53. The van der Waals surface area contributed by atoms with Gasteiger partial charge in [-0.05, 0) is 42.9 Å². The number of benzene rings is 1. The topological polar surface area (TPSA) is 66.8 Å². The van der Waals surface area contributed by atoms with Crippen LogP contribution in [0.25, 0.3) is 0 Å². The number of aliphatic hydroxyl groups is 1. The Bertz CT molecular complexity index is 579. The maximum Gasteiger partial charge on any atom is 0.243 e. The fourth-order valence-corrected chi connectivity index (χ4v) is 4.10. The second kappa shape index (κ2) is 6.87. The van der Waals surface area contributed by atoms with E-state index < -0.39 is 10.0 Å². The van der Waals surface area contributed by atoms with E-state index in [1.807, 2.05) is 0 Å². The number of sulfonamides is 1. The summed E-state index contributed by atoms with van der Waals surface area (Å²) in [6.07, 6.45) is 1.80. The number of rotatable bonds is 5. The smallest absolute Gasteiger partial charge is 0.243 e. The van der Waals surface area contributed by atoms with Gasteiger partial charge in [0.2, 0.25) is 10.0 Å². The summed E-state index contributed by atoms with van der Waals surface area (Å²) in [5.41, 5.74) is 1.31. The summed E-state index contributed by atoms with van der Waals surface area (Å²) in [5.74, 6) is 0.347. The van der Waals surface area contributed by atoms with Crippen molar-refractivity contribution in [2.24, 2.45) is 5.92 Å². The van der Waals surface area contributed by atoms with Crippen molar-refractivity contribution in [3.63, 3.8) is 0 Å². The summed E-state index contributed by atoms with van der Waals surface area (Å²) in [5, 5.41) is 9.20. The van der Waals surface area contributed by atoms with Crippen LogP contribution in [0, 0.1) is 12.8 Å². The molecule has 1 aliphatic rings. The SMILES string of the molecule is Cc1ccc(CO)cc1S(=O)(=O)N(C)CC1CCOCC1. The molecule has 21 heavy (non-hydrogen) atoms. The minimum Gasteiger partial charge on any atom is -0.392 e. The first kappa shape index (κ1) is 16.4. The molecule has 1 heterocycles. The third kappa shape index (κ3) is 3.83. The Morgan fingerprint density at radius 1 is 1.33 bits per heavy atom. The second-order valence-corrected chi connectivity index (χ2v) is 7.61. The molecule has 6 heteroatoms. The lowest BCUT2D eigenvalue weighted by Crippen LogP contribution is -2.34. The second-order valence-electron chi connectivity index (χ2n) is 5.60. The van der Waals surface area contributed by atoms with Crippen LogP contribution in [-0.4, -0.2) is 44.6 Å². The Kier molecular flexibility index (Phi) is 5.37. The third-order valence-corrected chi connectivity index (χ3v) is 5.94. The lowest BCUT2D eigenvalue weighted by atomic mass is 10.0. The molecule has 1 fully saturated rings. The largest absolute Gasteiger partial charge is 0.392 e. The zero-order valence-corrected chi connectivity index (χ0v) is 13.4. The third-order valence-electron chi connectivity index (χ3n) is 3.98. The molecule has 0 bridgehead atoms. The number of aliphatic hydroxyl groups excluding tert-OH is 1. The van der Waals surface area contributed by atoms with E-state index in [1.165, 1.54) is 4.31 Å². The molecule has 1 N–H and O–H groups in total. The number of aryl methyl sites for hydroxylation is 1. The Hall–Kier alpha value is -0.950. The van der Waals surface area contributed by atoms with Gasteiger partial charge in [0.05, 0.1) is 11.5 Å². The molecule has 1 saturated heterocycles. The van der Waals surface area contributed by atoms with E-state index in [1.54, 1.807) is 32.2 Å². The summed E-state index contributed by atoms with van der Waals surface area (Å²) in [4.78, 5) is 0.281. The minimum absolute atomic E-state index is 0.160. The molecule has 0 spiro atoms. The Balaban J connectivity index is 2.20. The fourth-order valence-electron chi connectivity index (χ4n) is 2.58. The van der Waals surface area contributed by atoms with Crippen molar-refractivity contribution in [3.8, 4) is 0 Å².